The van der Waals surface area contributed by atoms with E-state index < -0.39 is 17.0 Å². The summed E-state index contributed by atoms with van der Waals surface area (Å²) in [7, 11) is 1.36. The number of carbonyl (C=O) groups excluding carboxylic acids is 2. The molecule has 1 N–H and O–H groups in total. The van der Waals surface area contributed by atoms with E-state index in [0.717, 1.165) is 37.7 Å². The number of fused-ring (bicyclic) bond motifs is 5. The first-order valence-corrected chi connectivity index (χ1v) is 9.91. The van der Waals surface area contributed by atoms with E-state index in [4.69, 9.17) is 4.74 Å². The summed E-state index contributed by atoms with van der Waals surface area (Å²) in [6.07, 6.45) is 7.36. The highest BCUT2D eigenvalue weighted by Gasteiger charge is 2.67. The molecule has 0 spiro atoms. The minimum atomic E-state index is -1.38. The lowest BCUT2D eigenvalue weighted by Gasteiger charge is -2.59. The molecule has 4 rings (SSSR count). The van der Waals surface area contributed by atoms with Crippen LogP contribution in [0, 0.1) is 28.6 Å². The number of hydrogen-bond acceptors (Lipinski definition) is 4. The van der Waals surface area contributed by atoms with Crippen LogP contribution in [-0.4, -0.2) is 29.6 Å². The zero-order valence-corrected chi connectivity index (χ0v) is 16.1. The van der Waals surface area contributed by atoms with Gasteiger partial charge in [-0.25, -0.2) is 4.79 Å². The first-order valence-electron chi connectivity index (χ1n) is 9.91. The number of aliphatic hydroxyl groups is 1. The van der Waals surface area contributed by atoms with Gasteiger partial charge in [0.2, 0.25) is 0 Å². The fraction of sp³-hybridized carbons (Fsp3) is 0.727. The van der Waals surface area contributed by atoms with E-state index >= 15 is 0 Å². The van der Waals surface area contributed by atoms with Crippen LogP contribution < -0.4 is 0 Å². The molecule has 0 bridgehead atoms. The van der Waals surface area contributed by atoms with E-state index in [1.807, 2.05) is 6.08 Å². The molecule has 4 aliphatic rings. The molecule has 4 nitrogen and oxygen atoms in total. The summed E-state index contributed by atoms with van der Waals surface area (Å²) in [5.74, 6) is 0.933. The van der Waals surface area contributed by atoms with Gasteiger partial charge in [-0.3, -0.25) is 4.79 Å². The van der Waals surface area contributed by atoms with Gasteiger partial charge in [-0.15, -0.1) is 0 Å². The summed E-state index contributed by atoms with van der Waals surface area (Å²) in [5.41, 5.74) is 0.433. The van der Waals surface area contributed by atoms with Gasteiger partial charge in [0.25, 0.3) is 0 Å². The summed E-state index contributed by atoms with van der Waals surface area (Å²) >= 11 is 0. The monoisotopic (exact) mass is 358 g/mol. The molecule has 0 aromatic rings. The highest BCUT2D eigenvalue weighted by Crippen LogP contribution is 2.68. The molecular formula is C22H30O4. The predicted molar refractivity (Wildman–Crippen MR) is 98.2 cm³/mol. The van der Waals surface area contributed by atoms with E-state index in [0.29, 0.717) is 24.7 Å². The predicted octanol–water partition coefficient (Wildman–Crippen LogP) is 3.59. The molecule has 4 aliphatic carbocycles. The van der Waals surface area contributed by atoms with E-state index in [-0.39, 0.29) is 17.1 Å². The Morgan fingerprint density at radius 3 is 2.62 bits per heavy atom. The molecule has 4 heteroatoms. The number of esters is 1. The summed E-state index contributed by atoms with van der Waals surface area (Å²) in [4.78, 5) is 24.4. The van der Waals surface area contributed by atoms with Crippen molar-refractivity contribution in [3.05, 3.63) is 23.8 Å². The molecule has 0 aliphatic heterocycles. The molecule has 0 amide bonds. The number of ether oxygens (including phenoxy) is 1. The normalized spacial score (nSPS) is 47.5. The molecule has 142 valence electrons. The first-order chi connectivity index (χ1) is 12.2. The number of rotatable bonds is 1. The van der Waals surface area contributed by atoms with Crippen molar-refractivity contribution in [2.24, 2.45) is 28.6 Å². The molecule has 0 saturated heterocycles. The van der Waals surface area contributed by atoms with Crippen molar-refractivity contribution in [3.63, 3.8) is 0 Å². The van der Waals surface area contributed by atoms with Gasteiger partial charge in [0, 0.05) is 11.8 Å². The van der Waals surface area contributed by atoms with Gasteiger partial charge in [-0.2, -0.15) is 0 Å². The summed E-state index contributed by atoms with van der Waals surface area (Å²) in [5, 5.41) is 11.2. The van der Waals surface area contributed by atoms with Gasteiger partial charge in [-0.1, -0.05) is 26.0 Å². The first kappa shape index (κ1) is 18.0. The maximum absolute atomic E-state index is 12.4. The second kappa shape index (κ2) is 5.54. The molecule has 6 atom stereocenters. The number of allylic oxidation sites excluding steroid dienone is 2. The van der Waals surface area contributed by atoms with Gasteiger partial charge >= 0.3 is 5.97 Å². The minimum Gasteiger partial charge on any atom is -0.467 e. The molecule has 0 aromatic carbocycles. The van der Waals surface area contributed by atoms with E-state index in [9.17, 15) is 14.7 Å². The van der Waals surface area contributed by atoms with Gasteiger partial charge < -0.3 is 9.84 Å². The van der Waals surface area contributed by atoms with Crippen molar-refractivity contribution < 1.29 is 19.4 Å². The standard InChI is InChI=1S/C22H30O4/c1-13-11-15-16(20(2)8-5-14(23)12-18(13)20)6-9-21(3)17(15)7-10-22(21,25)19(24)26-4/h12,15-17,25H,1,5-11H2,2-4H3/t15?,16?,17?,20-,21+,22+/m1/s1. The highest BCUT2D eigenvalue weighted by molar-refractivity contribution is 5.92. The maximum atomic E-state index is 12.4. The third kappa shape index (κ3) is 2.05. The van der Waals surface area contributed by atoms with Gasteiger partial charge in [0.05, 0.1) is 7.11 Å². The van der Waals surface area contributed by atoms with Gasteiger partial charge in [0.15, 0.2) is 11.4 Å². The number of methoxy groups -OCH3 is 1. The second-order valence-corrected chi connectivity index (χ2v) is 9.47. The lowest BCUT2D eigenvalue weighted by molar-refractivity contribution is -0.184. The molecular weight excluding hydrogens is 328 g/mol. The topological polar surface area (TPSA) is 63.6 Å². The summed E-state index contributed by atoms with van der Waals surface area (Å²) in [6, 6.07) is 0. The number of ketones is 1. The number of carbonyl (C=O) groups is 2. The zero-order valence-electron chi connectivity index (χ0n) is 16.1. The lowest BCUT2D eigenvalue weighted by atomic mass is 9.46. The summed E-state index contributed by atoms with van der Waals surface area (Å²) < 4.78 is 4.97. The van der Waals surface area contributed by atoms with Crippen LogP contribution in [0.1, 0.15) is 58.8 Å². The van der Waals surface area contributed by atoms with Crippen LogP contribution in [0.2, 0.25) is 0 Å². The van der Waals surface area contributed by atoms with Crippen molar-refractivity contribution in [2.45, 2.75) is 64.4 Å². The smallest absolute Gasteiger partial charge is 0.338 e. The molecule has 3 unspecified atom stereocenters. The van der Waals surface area contributed by atoms with Crippen molar-refractivity contribution in [1.82, 2.24) is 0 Å². The van der Waals surface area contributed by atoms with Crippen LogP contribution in [0.15, 0.2) is 23.8 Å². The molecule has 0 radical (unpaired) electrons. The van der Waals surface area contributed by atoms with Crippen LogP contribution >= 0.6 is 0 Å². The van der Waals surface area contributed by atoms with E-state index in [2.05, 4.69) is 20.4 Å². The minimum absolute atomic E-state index is 0.00120. The van der Waals surface area contributed by atoms with Crippen molar-refractivity contribution in [3.8, 4) is 0 Å². The maximum Gasteiger partial charge on any atom is 0.338 e. The average molecular weight is 358 g/mol. The SMILES string of the molecule is C=C1CC2C(CC[C@@]3(C)C2CC[C@]3(O)C(=O)OC)[C@@]2(C)CCC(=O)C=C12. The zero-order chi connectivity index (χ0) is 18.9. The molecule has 0 heterocycles. The van der Waals surface area contributed by atoms with Crippen LogP contribution in [0.4, 0.5) is 0 Å². The van der Waals surface area contributed by atoms with Crippen LogP contribution in [0.25, 0.3) is 0 Å². The van der Waals surface area contributed by atoms with Crippen molar-refractivity contribution in [1.29, 1.82) is 0 Å². The quantitative estimate of drug-likeness (QED) is 0.728. The molecule has 26 heavy (non-hydrogen) atoms. The fourth-order valence-corrected chi connectivity index (χ4v) is 7.08. The highest BCUT2D eigenvalue weighted by atomic mass is 16.5. The lowest BCUT2D eigenvalue weighted by Crippen LogP contribution is -2.58. The molecule has 3 saturated carbocycles. The van der Waals surface area contributed by atoms with Crippen molar-refractivity contribution >= 4 is 11.8 Å². The van der Waals surface area contributed by atoms with E-state index in [1.54, 1.807) is 0 Å². The molecule has 0 aromatic heterocycles. The largest absolute Gasteiger partial charge is 0.467 e. The Hall–Kier alpha value is -1.42. The Morgan fingerprint density at radius 2 is 1.92 bits per heavy atom. The Balaban J connectivity index is 1.73. The Kier molecular flexibility index (Phi) is 3.83. The Morgan fingerprint density at radius 1 is 1.23 bits per heavy atom. The van der Waals surface area contributed by atoms with Crippen LogP contribution in [-0.2, 0) is 14.3 Å². The van der Waals surface area contributed by atoms with Crippen LogP contribution in [0.5, 0.6) is 0 Å². The average Bonchev–Trinajstić information content (AvgIpc) is 2.88. The fourth-order valence-electron chi connectivity index (χ4n) is 7.08. The van der Waals surface area contributed by atoms with Gasteiger partial charge in [0.1, 0.15) is 0 Å². The Bertz CT molecular complexity index is 722. The third-order valence-corrected chi connectivity index (χ3v) is 8.60. The second-order valence-electron chi connectivity index (χ2n) is 9.47. The Labute approximate surface area is 155 Å². The van der Waals surface area contributed by atoms with Crippen LogP contribution in [0.3, 0.4) is 0 Å². The number of hydrogen-bond donors (Lipinski definition) is 1. The molecule has 3 fully saturated rings. The van der Waals surface area contributed by atoms with Crippen molar-refractivity contribution in [2.75, 3.05) is 7.11 Å². The third-order valence-electron chi connectivity index (χ3n) is 8.60. The van der Waals surface area contributed by atoms with E-state index in [1.165, 1.54) is 12.7 Å². The summed E-state index contributed by atoms with van der Waals surface area (Å²) in [6.45, 7) is 8.70. The van der Waals surface area contributed by atoms with Gasteiger partial charge in [-0.05, 0) is 73.3 Å².